The summed E-state index contributed by atoms with van der Waals surface area (Å²) in [5, 5.41) is 2.60. The van der Waals surface area contributed by atoms with Gasteiger partial charge in [0, 0.05) is 19.8 Å². The molecule has 0 heterocycles. The second kappa shape index (κ2) is 6.14. The van der Waals surface area contributed by atoms with Crippen LogP contribution in [0.2, 0.25) is 0 Å². The molecule has 0 aliphatic carbocycles. The Hall–Kier alpha value is -1.44. The Bertz CT molecular complexity index is 555. The second-order valence-corrected chi connectivity index (χ2v) is 6.47. The van der Waals surface area contributed by atoms with Crippen LogP contribution in [0.3, 0.4) is 0 Å². The van der Waals surface area contributed by atoms with E-state index in [1.807, 2.05) is 0 Å². The van der Waals surface area contributed by atoms with E-state index in [4.69, 9.17) is 5.73 Å². The predicted molar refractivity (Wildman–Crippen MR) is 74.2 cm³/mol. The summed E-state index contributed by atoms with van der Waals surface area (Å²) in [4.78, 5) is 11.8. The van der Waals surface area contributed by atoms with Gasteiger partial charge in [0.2, 0.25) is 15.9 Å². The molecular weight excluding hydrogens is 266 g/mol. The number of rotatable bonds is 5. The molecule has 0 aliphatic rings. The number of hydrogen-bond donors (Lipinski definition) is 2. The SMILES string of the molecule is CCC(N)C(=O)Nc1cccc(S(=O)(=O)N(C)C)c1. The van der Waals surface area contributed by atoms with Crippen molar-refractivity contribution in [3.05, 3.63) is 24.3 Å². The number of nitrogens with one attached hydrogen (secondary N) is 1. The average Bonchev–Trinajstić information content (AvgIpc) is 2.37. The molecule has 19 heavy (non-hydrogen) atoms. The number of benzene rings is 1. The Labute approximate surface area is 113 Å². The lowest BCUT2D eigenvalue weighted by Gasteiger charge is -2.14. The highest BCUT2D eigenvalue weighted by atomic mass is 32.2. The zero-order valence-corrected chi connectivity index (χ0v) is 12.1. The Balaban J connectivity index is 2.99. The van der Waals surface area contributed by atoms with E-state index < -0.39 is 16.1 Å². The maximum atomic E-state index is 11.9. The first kappa shape index (κ1) is 15.6. The standard InChI is InChI=1S/C12H19N3O3S/c1-4-11(13)12(16)14-9-6-5-7-10(8-9)19(17,18)15(2)3/h5-8,11H,4,13H2,1-3H3,(H,14,16). The monoisotopic (exact) mass is 285 g/mol. The summed E-state index contributed by atoms with van der Waals surface area (Å²) in [6, 6.07) is 5.48. The normalized spacial score (nSPS) is 13.3. The minimum Gasteiger partial charge on any atom is -0.325 e. The van der Waals surface area contributed by atoms with Gasteiger partial charge in [0.25, 0.3) is 0 Å². The first-order valence-electron chi connectivity index (χ1n) is 5.88. The third-order valence-electron chi connectivity index (χ3n) is 2.66. The first-order valence-corrected chi connectivity index (χ1v) is 7.32. The molecule has 3 N–H and O–H groups in total. The second-order valence-electron chi connectivity index (χ2n) is 4.32. The van der Waals surface area contributed by atoms with Crippen molar-refractivity contribution < 1.29 is 13.2 Å². The maximum Gasteiger partial charge on any atom is 0.242 e. The van der Waals surface area contributed by atoms with Crippen molar-refractivity contribution in [2.45, 2.75) is 24.3 Å². The summed E-state index contributed by atoms with van der Waals surface area (Å²) in [5.41, 5.74) is 6.01. The average molecular weight is 285 g/mol. The maximum absolute atomic E-state index is 11.9. The summed E-state index contributed by atoms with van der Waals surface area (Å²) >= 11 is 0. The van der Waals surface area contributed by atoms with E-state index in [1.165, 1.54) is 26.2 Å². The Morgan fingerprint density at radius 2 is 2.05 bits per heavy atom. The van der Waals surface area contributed by atoms with E-state index in [9.17, 15) is 13.2 Å². The van der Waals surface area contributed by atoms with Crippen LogP contribution < -0.4 is 11.1 Å². The molecule has 1 atom stereocenters. The molecule has 1 unspecified atom stereocenters. The summed E-state index contributed by atoms with van der Waals surface area (Å²) in [6.45, 7) is 1.80. The smallest absolute Gasteiger partial charge is 0.242 e. The number of carbonyl (C=O) groups excluding carboxylic acids is 1. The van der Waals surface area contributed by atoms with Gasteiger partial charge in [-0.1, -0.05) is 13.0 Å². The third-order valence-corrected chi connectivity index (χ3v) is 4.47. The quantitative estimate of drug-likeness (QED) is 0.829. The van der Waals surface area contributed by atoms with E-state index in [2.05, 4.69) is 5.32 Å². The number of nitrogens with two attached hydrogens (primary N) is 1. The molecule has 0 saturated carbocycles. The lowest BCUT2D eigenvalue weighted by atomic mass is 10.2. The molecule has 1 rings (SSSR count). The van der Waals surface area contributed by atoms with Crippen molar-refractivity contribution in [1.82, 2.24) is 4.31 Å². The van der Waals surface area contributed by atoms with Crippen molar-refractivity contribution in [1.29, 1.82) is 0 Å². The van der Waals surface area contributed by atoms with Crippen molar-refractivity contribution in [2.24, 2.45) is 5.73 Å². The third kappa shape index (κ3) is 3.76. The molecule has 7 heteroatoms. The van der Waals surface area contributed by atoms with Crippen LogP contribution >= 0.6 is 0 Å². The van der Waals surface area contributed by atoms with Crippen LogP contribution in [-0.2, 0) is 14.8 Å². The molecular formula is C12H19N3O3S. The minimum absolute atomic E-state index is 0.125. The molecule has 6 nitrogen and oxygen atoms in total. The number of nitrogens with zero attached hydrogens (tertiary/aromatic N) is 1. The minimum atomic E-state index is -3.51. The zero-order valence-electron chi connectivity index (χ0n) is 11.3. The van der Waals surface area contributed by atoms with Crippen molar-refractivity contribution in [3.63, 3.8) is 0 Å². The largest absolute Gasteiger partial charge is 0.325 e. The van der Waals surface area contributed by atoms with Crippen LogP contribution in [0.4, 0.5) is 5.69 Å². The highest BCUT2D eigenvalue weighted by Crippen LogP contribution is 2.18. The Morgan fingerprint density at radius 3 is 2.58 bits per heavy atom. The molecule has 106 valence electrons. The number of amides is 1. The Kier molecular flexibility index (Phi) is 5.04. The number of hydrogen-bond acceptors (Lipinski definition) is 4. The molecule has 1 aromatic rings. The summed E-state index contributed by atoms with van der Waals surface area (Å²) < 4.78 is 25.0. The van der Waals surface area contributed by atoms with Gasteiger partial charge in [0.1, 0.15) is 0 Å². The van der Waals surface area contributed by atoms with Gasteiger partial charge >= 0.3 is 0 Å². The van der Waals surface area contributed by atoms with E-state index in [-0.39, 0.29) is 10.8 Å². The topological polar surface area (TPSA) is 92.5 Å². The van der Waals surface area contributed by atoms with Crippen LogP contribution in [0.15, 0.2) is 29.2 Å². The molecule has 0 spiro atoms. The molecule has 0 bridgehead atoms. The van der Waals surface area contributed by atoms with Gasteiger partial charge in [-0.3, -0.25) is 4.79 Å². The van der Waals surface area contributed by atoms with Gasteiger partial charge in [0.05, 0.1) is 10.9 Å². The van der Waals surface area contributed by atoms with Crippen molar-refractivity contribution in [2.75, 3.05) is 19.4 Å². The lowest BCUT2D eigenvalue weighted by molar-refractivity contribution is -0.117. The van der Waals surface area contributed by atoms with Crippen LogP contribution in [0.5, 0.6) is 0 Å². The van der Waals surface area contributed by atoms with Crippen molar-refractivity contribution in [3.8, 4) is 0 Å². The van der Waals surface area contributed by atoms with E-state index in [1.54, 1.807) is 19.1 Å². The van der Waals surface area contributed by atoms with Crippen LogP contribution in [0.25, 0.3) is 0 Å². The van der Waals surface area contributed by atoms with Gasteiger partial charge in [-0.05, 0) is 24.6 Å². The fourth-order valence-electron chi connectivity index (χ4n) is 1.37. The van der Waals surface area contributed by atoms with E-state index >= 15 is 0 Å². The lowest BCUT2D eigenvalue weighted by Crippen LogP contribution is -2.34. The molecule has 1 aromatic carbocycles. The van der Waals surface area contributed by atoms with Gasteiger partial charge in [0.15, 0.2) is 0 Å². The zero-order chi connectivity index (χ0) is 14.6. The van der Waals surface area contributed by atoms with Gasteiger partial charge in [-0.2, -0.15) is 0 Å². The van der Waals surface area contributed by atoms with Gasteiger partial charge in [-0.25, -0.2) is 12.7 Å². The molecule has 1 amide bonds. The molecule has 0 fully saturated rings. The first-order chi connectivity index (χ1) is 8.78. The molecule has 0 saturated heterocycles. The summed E-state index contributed by atoms with van der Waals surface area (Å²) in [7, 11) is -0.606. The fraction of sp³-hybridized carbons (Fsp3) is 0.417. The fourth-order valence-corrected chi connectivity index (χ4v) is 2.31. The van der Waals surface area contributed by atoms with Crippen LogP contribution in [-0.4, -0.2) is 38.8 Å². The number of sulfonamides is 1. The summed E-state index contributed by atoms with van der Waals surface area (Å²) in [5.74, 6) is -0.332. The molecule has 0 aliphatic heterocycles. The number of carbonyl (C=O) groups is 1. The van der Waals surface area contributed by atoms with E-state index in [0.717, 1.165) is 4.31 Å². The van der Waals surface area contributed by atoms with Gasteiger partial charge < -0.3 is 11.1 Å². The van der Waals surface area contributed by atoms with E-state index in [0.29, 0.717) is 12.1 Å². The Morgan fingerprint density at radius 1 is 1.42 bits per heavy atom. The van der Waals surface area contributed by atoms with Crippen LogP contribution in [0, 0.1) is 0 Å². The predicted octanol–water partition coefficient (Wildman–Crippen LogP) is 0.613. The number of anilines is 1. The van der Waals surface area contributed by atoms with Gasteiger partial charge in [-0.15, -0.1) is 0 Å². The highest BCUT2D eigenvalue weighted by Gasteiger charge is 2.18. The molecule has 0 radical (unpaired) electrons. The highest BCUT2D eigenvalue weighted by molar-refractivity contribution is 7.89. The van der Waals surface area contributed by atoms with Crippen molar-refractivity contribution >= 4 is 21.6 Å². The molecule has 0 aromatic heterocycles. The van der Waals surface area contributed by atoms with Crippen LogP contribution in [0.1, 0.15) is 13.3 Å². The summed E-state index contributed by atoms with van der Waals surface area (Å²) in [6.07, 6.45) is 0.515.